The molecule has 3 heteroatoms. The van der Waals surface area contributed by atoms with Gasteiger partial charge in [0.05, 0.1) is 6.54 Å². The second-order valence-electron chi connectivity index (χ2n) is 6.09. The Morgan fingerprint density at radius 2 is 2.11 bits per heavy atom. The molecule has 0 spiro atoms. The lowest BCUT2D eigenvalue weighted by Gasteiger charge is -2.29. The van der Waals surface area contributed by atoms with Gasteiger partial charge in [0.2, 0.25) is 5.91 Å². The second-order valence-corrected chi connectivity index (χ2v) is 6.09. The van der Waals surface area contributed by atoms with E-state index in [-0.39, 0.29) is 17.4 Å². The molecule has 0 aromatic heterocycles. The summed E-state index contributed by atoms with van der Waals surface area (Å²) >= 11 is 0. The second kappa shape index (κ2) is 5.33. The van der Waals surface area contributed by atoms with Crippen LogP contribution in [0.5, 0.6) is 0 Å². The number of hydrogen-bond acceptors (Lipinski definition) is 2. The Kier molecular flexibility index (Phi) is 3.95. The molecular formula is C16H24N2O. The molecule has 1 aliphatic rings. The van der Waals surface area contributed by atoms with Gasteiger partial charge in [-0.3, -0.25) is 4.79 Å². The average Bonchev–Trinajstić information content (AvgIpc) is 2.64. The molecule has 1 atom stereocenters. The molecule has 1 aromatic carbocycles. The Labute approximate surface area is 116 Å². The first-order valence-electron chi connectivity index (χ1n) is 7.01. The fourth-order valence-corrected chi connectivity index (χ4v) is 2.88. The predicted octanol–water partition coefficient (Wildman–Crippen LogP) is 2.38. The van der Waals surface area contributed by atoms with Crippen LogP contribution in [0.3, 0.4) is 0 Å². The third kappa shape index (κ3) is 2.81. The van der Waals surface area contributed by atoms with Crippen molar-refractivity contribution in [1.82, 2.24) is 10.2 Å². The van der Waals surface area contributed by atoms with Crippen molar-refractivity contribution in [2.45, 2.75) is 33.2 Å². The van der Waals surface area contributed by atoms with Crippen molar-refractivity contribution in [3.8, 4) is 0 Å². The molecule has 1 unspecified atom stereocenters. The molecule has 3 nitrogen and oxygen atoms in total. The average molecular weight is 260 g/mol. The highest BCUT2D eigenvalue weighted by Crippen LogP contribution is 2.44. The first kappa shape index (κ1) is 14.1. The zero-order chi connectivity index (χ0) is 14.0. The molecule has 0 saturated carbocycles. The van der Waals surface area contributed by atoms with E-state index in [1.807, 2.05) is 14.0 Å². The van der Waals surface area contributed by atoms with Crippen molar-refractivity contribution in [1.29, 1.82) is 0 Å². The van der Waals surface area contributed by atoms with Crippen molar-refractivity contribution in [2.75, 3.05) is 20.1 Å². The minimum absolute atomic E-state index is 0.155. The molecule has 1 N–H and O–H groups in total. The standard InChI is InChI=1S/C16H24N2O/c1-5-18(4)14(19)11-17-15-13-9-7-6-8-12(13)10-16(15,2)3/h6-9,15,17H,5,10-11H2,1-4H3. The maximum absolute atomic E-state index is 11.9. The molecule has 0 bridgehead atoms. The number of likely N-dealkylation sites (N-methyl/N-ethyl adjacent to an activating group) is 1. The summed E-state index contributed by atoms with van der Waals surface area (Å²) in [6, 6.07) is 8.80. The molecular weight excluding hydrogens is 236 g/mol. The summed E-state index contributed by atoms with van der Waals surface area (Å²) in [6.07, 6.45) is 1.07. The fraction of sp³-hybridized carbons (Fsp3) is 0.562. The topological polar surface area (TPSA) is 32.3 Å². The lowest BCUT2D eigenvalue weighted by molar-refractivity contribution is -0.129. The van der Waals surface area contributed by atoms with Crippen LogP contribution in [0.25, 0.3) is 0 Å². The van der Waals surface area contributed by atoms with Crippen molar-refractivity contribution >= 4 is 5.91 Å². The van der Waals surface area contributed by atoms with Crippen LogP contribution in [-0.2, 0) is 11.2 Å². The lowest BCUT2D eigenvalue weighted by Crippen LogP contribution is -2.40. The van der Waals surface area contributed by atoms with Gasteiger partial charge < -0.3 is 10.2 Å². The molecule has 1 aromatic rings. The quantitative estimate of drug-likeness (QED) is 0.901. The van der Waals surface area contributed by atoms with Crippen molar-refractivity contribution in [3.63, 3.8) is 0 Å². The van der Waals surface area contributed by atoms with E-state index in [1.165, 1.54) is 11.1 Å². The van der Waals surface area contributed by atoms with Crippen molar-refractivity contribution < 1.29 is 4.79 Å². The fourth-order valence-electron chi connectivity index (χ4n) is 2.88. The number of nitrogens with zero attached hydrogens (tertiary/aromatic N) is 1. The summed E-state index contributed by atoms with van der Waals surface area (Å²) in [5.74, 6) is 0.155. The highest BCUT2D eigenvalue weighted by Gasteiger charge is 2.38. The van der Waals surface area contributed by atoms with Crippen molar-refractivity contribution in [2.24, 2.45) is 5.41 Å². The third-order valence-corrected chi connectivity index (χ3v) is 4.15. The lowest BCUT2D eigenvalue weighted by atomic mass is 9.85. The van der Waals surface area contributed by atoms with E-state index in [0.717, 1.165) is 13.0 Å². The summed E-state index contributed by atoms with van der Waals surface area (Å²) in [7, 11) is 1.84. The number of rotatable bonds is 4. The van der Waals surface area contributed by atoms with Crippen LogP contribution in [0.4, 0.5) is 0 Å². The van der Waals surface area contributed by atoms with Crippen LogP contribution in [0.15, 0.2) is 24.3 Å². The Morgan fingerprint density at radius 1 is 1.42 bits per heavy atom. The van der Waals surface area contributed by atoms with E-state index >= 15 is 0 Å². The summed E-state index contributed by atoms with van der Waals surface area (Å²) in [4.78, 5) is 13.7. The summed E-state index contributed by atoms with van der Waals surface area (Å²) in [5, 5.41) is 3.45. The number of fused-ring (bicyclic) bond motifs is 1. The van der Waals surface area contributed by atoms with Gasteiger partial charge in [-0.1, -0.05) is 38.1 Å². The molecule has 19 heavy (non-hydrogen) atoms. The Balaban J connectivity index is 2.09. The number of hydrogen-bond donors (Lipinski definition) is 1. The van der Waals surface area contributed by atoms with E-state index in [0.29, 0.717) is 6.54 Å². The molecule has 0 radical (unpaired) electrons. The van der Waals surface area contributed by atoms with E-state index < -0.39 is 0 Å². The van der Waals surface area contributed by atoms with Gasteiger partial charge in [-0.05, 0) is 29.9 Å². The Morgan fingerprint density at radius 3 is 2.79 bits per heavy atom. The van der Waals surface area contributed by atoms with Gasteiger partial charge in [0.1, 0.15) is 0 Å². The third-order valence-electron chi connectivity index (χ3n) is 4.15. The largest absolute Gasteiger partial charge is 0.345 e. The van der Waals surface area contributed by atoms with Crippen LogP contribution >= 0.6 is 0 Å². The predicted molar refractivity (Wildman–Crippen MR) is 78.0 cm³/mol. The molecule has 0 aliphatic heterocycles. The Hall–Kier alpha value is -1.35. The summed E-state index contributed by atoms with van der Waals surface area (Å²) < 4.78 is 0. The normalized spacial score (nSPS) is 20.1. The summed E-state index contributed by atoms with van der Waals surface area (Å²) in [5.41, 5.74) is 2.91. The molecule has 0 heterocycles. The van der Waals surface area contributed by atoms with E-state index in [1.54, 1.807) is 4.90 Å². The van der Waals surface area contributed by atoms with Crippen LogP contribution in [-0.4, -0.2) is 30.9 Å². The van der Waals surface area contributed by atoms with Gasteiger partial charge in [0.25, 0.3) is 0 Å². The molecule has 1 aliphatic carbocycles. The molecule has 1 amide bonds. The minimum atomic E-state index is 0.155. The smallest absolute Gasteiger partial charge is 0.236 e. The van der Waals surface area contributed by atoms with Gasteiger partial charge in [-0.25, -0.2) is 0 Å². The maximum Gasteiger partial charge on any atom is 0.236 e. The first-order valence-corrected chi connectivity index (χ1v) is 7.01. The van der Waals surface area contributed by atoms with Gasteiger partial charge >= 0.3 is 0 Å². The van der Waals surface area contributed by atoms with Gasteiger partial charge in [-0.2, -0.15) is 0 Å². The number of benzene rings is 1. The highest BCUT2D eigenvalue weighted by molar-refractivity contribution is 5.78. The number of carbonyl (C=O) groups is 1. The minimum Gasteiger partial charge on any atom is -0.345 e. The zero-order valence-electron chi connectivity index (χ0n) is 12.4. The number of nitrogens with one attached hydrogen (secondary N) is 1. The van der Waals surface area contributed by atoms with Crippen LogP contribution in [0.1, 0.15) is 37.9 Å². The Bertz CT molecular complexity index is 468. The zero-order valence-corrected chi connectivity index (χ0v) is 12.4. The van der Waals surface area contributed by atoms with Crippen LogP contribution in [0, 0.1) is 5.41 Å². The number of amides is 1. The molecule has 104 valence electrons. The van der Waals surface area contributed by atoms with Crippen molar-refractivity contribution in [3.05, 3.63) is 35.4 Å². The SMILES string of the molecule is CCN(C)C(=O)CNC1c2ccccc2CC1(C)C. The molecule has 0 saturated heterocycles. The highest BCUT2D eigenvalue weighted by atomic mass is 16.2. The molecule has 0 fully saturated rings. The maximum atomic E-state index is 11.9. The van der Waals surface area contributed by atoms with E-state index in [2.05, 4.69) is 43.4 Å². The number of carbonyl (C=O) groups excluding carboxylic acids is 1. The van der Waals surface area contributed by atoms with Crippen LogP contribution in [0.2, 0.25) is 0 Å². The van der Waals surface area contributed by atoms with E-state index in [4.69, 9.17) is 0 Å². The van der Waals surface area contributed by atoms with E-state index in [9.17, 15) is 4.79 Å². The van der Waals surface area contributed by atoms with Gasteiger partial charge in [-0.15, -0.1) is 0 Å². The summed E-state index contributed by atoms with van der Waals surface area (Å²) in [6.45, 7) is 7.68. The van der Waals surface area contributed by atoms with Gasteiger partial charge in [0, 0.05) is 19.6 Å². The van der Waals surface area contributed by atoms with Gasteiger partial charge in [0.15, 0.2) is 0 Å². The van der Waals surface area contributed by atoms with Crippen LogP contribution < -0.4 is 5.32 Å². The molecule has 2 rings (SSSR count). The first-order chi connectivity index (χ1) is 8.95. The monoisotopic (exact) mass is 260 g/mol.